The number of carbonyl (C=O) groups excluding carboxylic acids is 1. The standard InChI is InChI=1S/C16H22N2O/c1-3-4-5-8-12-18-16(19)15-10-7-6-9-14(15)11-13-17-2/h1,6-7,9-10,17H,4-5,8,11-13H2,2H3,(H,18,19). The summed E-state index contributed by atoms with van der Waals surface area (Å²) >= 11 is 0. The molecule has 0 aliphatic carbocycles. The minimum Gasteiger partial charge on any atom is -0.352 e. The monoisotopic (exact) mass is 258 g/mol. The molecule has 3 nitrogen and oxygen atoms in total. The number of benzene rings is 1. The highest BCUT2D eigenvalue weighted by atomic mass is 16.1. The summed E-state index contributed by atoms with van der Waals surface area (Å²) in [5.74, 6) is 2.61. The van der Waals surface area contributed by atoms with E-state index in [1.165, 1.54) is 0 Å². The Labute approximate surface area is 115 Å². The minimum absolute atomic E-state index is 0.00686. The van der Waals surface area contributed by atoms with E-state index in [0.717, 1.165) is 43.4 Å². The van der Waals surface area contributed by atoms with Gasteiger partial charge in [-0.1, -0.05) is 18.2 Å². The van der Waals surface area contributed by atoms with Crippen LogP contribution in [0.2, 0.25) is 0 Å². The van der Waals surface area contributed by atoms with Crippen LogP contribution in [0, 0.1) is 12.3 Å². The van der Waals surface area contributed by atoms with Gasteiger partial charge in [-0.05, 0) is 44.5 Å². The van der Waals surface area contributed by atoms with Gasteiger partial charge in [0.25, 0.3) is 5.91 Å². The van der Waals surface area contributed by atoms with Gasteiger partial charge in [-0.15, -0.1) is 12.3 Å². The lowest BCUT2D eigenvalue weighted by molar-refractivity contribution is 0.0952. The van der Waals surface area contributed by atoms with Crippen LogP contribution in [-0.4, -0.2) is 26.0 Å². The Hall–Kier alpha value is -1.79. The van der Waals surface area contributed by atoms with E-state index < -0.39 is 0 Å². The lowest BCUT2D eigenvalue weighted by Crippen LogP contribution is -2.26. The molecule has 1 aromatic carbocycles. The number of terminal acetylenes is 1. The summed E-state index contributed by atoms with van der Waals surface area (Å²) in [6.07, 6.45) is 8.70. The predicted octanol–water partition coefficient (Wildman–Crippen LogP) is 1.98. The molecule has 0 unspecified atom stereocenters. The molecule has 0 aliphatic heterocycles. The molecule has 0 aliphatic rings. The largest absolute Gasteiger partial charge is 0.352 e. The second-order valence-electron chi connectivity index (χ2n) is 4.43. The number of carbonyl (C=O) groups is 1. The van der Waals surface area contributed by atoms with E-state index in [9.17, 15) is 4.79 Å². The molecule has 19 heavy (non-hydrogen) atoms. The van der Waals surface area contributed by atoms with Gasteiger partial charge in [0, 0.05) is 18.5 Å². The molecule has 0 radical (unpaired) electrons. The maximum Gasteiger partial charge on any atom is 0.251 e. The average molecular weight is 258 g/mol. The van der Waals surface area contributed by atoms with Crippen LogP contribution in [-0.2, 0) is 6.42 Å². The lowest BCUT2D eigenvalue weighted by atomic mass is 10.0. The molecule has 1 rings (SSSR count). The van der Waals surface area contributed by atoms with Crippen LogP contribution >= 0.6 is 0 Å². The fourth-order valence-electron chi connectivity index (χ4n) is 1.87. The third-order valence-electron chi connectivity index (χ3n) is 2.94. The fourth-order valence-corrected chi connectivity index (χ4v) is 1.87. The number of nitrogens with one attached hydrogen (secondary N) is 2. The Bertz CT molecular complexity index is 435. The SMILES string of the molecule is C#CCCCCNC(=O)c1ccccc1CCNC. The molecule has 0 heterocycles. The van der Waals surface area contributed by atoms with Crippen LogP contribution in [0.25, 0.3) is 0 Å². The van der Waals surface area contributed by atoms with Crippen molar-refractivity contribution < 1.29 is 4.79 Å². The summed E-state index contributed by atoms with van der Waals surface area (Å²) in [4.78, 5) is 12.1. The average Bonchev–Trinajstić information content (AvgIpc) is 2.45. The van der Waals surface area contributed by atoms with Crippen molar-refractivity contribution in [2.45, 2.75) is 25.7 Å². The molecule has 2 N–H and O–H groups in total. The highest BCUT2D eigenvalue weighted by molar-refractivity contribution is 5.95. The van der Waals surface area contributed by atoms with Crippen LogP contribution < -0.4 is 10.6 Å². The fraction of sp³-hybridized carbons (Fsp3) is 0.438. The molecule has 1 aromatic rings. The van der Waals surface area contributed by atoms with Crippen molar-refractivity contribution in [3.8, 4) is 12.3 Å². The van der Waals surface area contributed by atoms with Gasteiger partial charge in [0.15, 0.2) is 0 Å². The molecule has 0 bridgehead atoms. The zero-order valence-corrected chi connectivity index (χ0v) is 11.5. The third-order valence-corrected chi connectivity index (χ3v) is 2.94. The summed E-state index contributed by atoms with van der Waals surface area (Å²) in [5, 5.41) is 6.04. The molecule has 0 atom stereocenters. The Kier molecular flexibility index (Phi) is 7.38. The maximum atomic E-state index is 12.1. The zero-order chi connectivity index (χ0) is 13.9. The number of rotatable bonds is 8. The predicted molar refractivity (Wildman–Crippen MR) is 79.1 cm³/mol. The lowest BCUT2D eigenvalue weighted by Gasteiger charge is -2.09. The number of hydrogen-bond donors (Lipinski definition) is 2. The van der Waals surface area contributed by atoms with Gasteiger partial charge in [0.05, 0.1) is 0 Å². The second kappa shape index (κ2) is 9.18. The third kappa shape index (κ3) is 5.58. The number of likely N-dealkylation sites (N-methyl/N-ethyl adjacent to an activating group) is 1. The Balaban J connectivity index is 2.49. The molecule has 0 saturated heterocycles. The smallest absolute Gasteiger partial charge is 0.251 e. The summed E-state index contributed by atoms with van der Waals surface area (Å²) in [5.41, 5.74) is 1.85. The minimum atomic E-state index is 0.00686. The van der Waals surface area contributed by atoms with Gasteiger partial charge >= 0.3 is 0 Å². The Morgan fingerprint density at radius 1 is 1.26 bits per heavy atom. The van der Waals surface area contributed by atoms with Crippen molar-refractivity contribution >= 4 is 5.91 Å². The highest BCUT2D eigenvalue weighted by Crippen LogP contribution is 2.09. The zero-order valence-electron chi connectivity index (χ0n) is 11.5. The van der Waals surface area contributed by atoms with E-state index in [0.29, 0.717) is 6.54 Å². The van der Waals surface area contributed by atoms with Crippen LogP contribution in [0.1, 0.15) is 35.2 Å². The molecule has 0 saturated carbocycles. The van der Waals surface area contributed by atoms with Crippen LogP contribution in [0.5, 0.6) is 0 Å². The highest BCUT2D eigenvalue weighted by Gasteiger charge is 2.09. The number of unbranched alkanes of at least 4 members (excludes halogenated alkanes) is 2. The van der Waals surface area contributed by atoms with Crippen molar-refractivity contribution in [1.82, 2.24) is 10.6 Å². The van der Waals surface area contributed by atoms with E-state index in [2.05, 4.69) is 16.6 Å². The van der Waals surface area contributed by atoms with E-state index in [1.807, 2.05) is 31.3 Å². The maximum absolute atomic E-state index is 12.1. The first-order chi connectivity index (χ1) is 9.29. The molecule has 0 fully saturated rings. The number of amides is 1. The second-order valence-corrected chi connectivity index (χ2v) is 4.43. The molecular formula is C16H22N2O. The summed E-state index contributed by atoms with van der Waals surface area (Å²) < 4.78 is 0. The van der Waals surface area contributed by atoms with E-state index >= 15 is 0 Å². The van der Waals surface area contributed by atoms with Crippen molar-refractivity contribution in [2.24, 2.45) is 0 Å². The van der Waals surface area contributed by atoms with Crippen LogP contribution in [0.15, 0.2) is 24.3 Å². The van der Waals surface area contributed by atoms with Crippen molar-refractivity contribution in [3.63, 3.8) is 0 Å². The summed E-state index contributed by atoms with van der Waals surface area (Å²) in [7, 11) is 1.91. The van der Waals surface area contributed by atoms with Crippen molar-refractivity contribution in [2.75, 3.05) is 20.1 Å². The first kappa shape index (κ1) is 15.3. The molecule has 102 valence electrons. The quantitative estimate of drug-likeness (QED) is 0.553. The van der Waals surface area contributed by atoms with Gasteiger partial charge in [0.1, 0.15) is 0 Å². The van der Waals surface area contributed by atoms with E-state index in [4.69, 9.17) is 6.42 Å². The molecular weight excluding hydrogens is 236 g/mol. The van der Waals surface area contributed by atoms with Gasteiger partial charge in [-0.2, -0.15) is 0 Å². The molecule has 1 amide bonds. The van der Waals surface area contributed by atoms with Gasteiger partial charge in [-0.25, -0.2) is 0 Å². The van der Waals surface area contributed by atoms with Crippen LogP contribution in [0.4, 0.5) is 0 Å². The Morgan fingerprint density at radius 3 is 2.79 bits per heavy atom. The van der Waals surface area contributed by atoms with Crippen molar-refractivity contribution in [3.05, 3.63) is 35.4 Å². The van der Waals surface area contributed by atoms with Crippen LogP contribution in [0.3, 0.4) is 0 Å². The first-order valence-corrected chi connectivity index (χ1v) is 6.73. The van der Waals surface area contributed by atoms with Crippen molar-refractivity contribution in [1.29, 1.82) is 0 Å². The van der Waals surface area contributed by atoms with E-state index in [1.54, 1.807) is 0 Å². The summed E-state index contributed by atoms with van der Waals surface area (Å²) in [6.45, 7) is 1.55. The van der Waals surface area contributed by atoms with Gasteiger partial charge in [0.2, 0.25) is 0 Å². The first-order valence-electron chi connectivity index (χ1n) is 6.73. The molecule has 0 spiro atoms. The molecule has 3 heteroatoms. The summed E-state index contributed by atoms with van der Waals surface area (Å²) in [6, 6.07) is 7.75. The van der Waals surface area contributed by atoms with Gasteiger partial charge in [-0.3, -0.25) is 4.79 Å². The Morgan fingerprint density at radius 2 is 2.05 bits per heavy atom. The topological polar surface area (TPSA) is 41.1 Å². The van der Waals surface area contributed by atoms with E-state index in [-0.39, 0.29) is 5.91 Å². The normalized spacial score (nSPS) is 9.89. The number of hydrogen-bond acceptors (Lipinski definition) is 2. The van der Waals surface area contributed by atoms with Gasteiger partial charge < -0.3 is 10.6 Å². The molecule has 0 aromatic heterocycles.